The number of para-hydroxylation sites is 1. The number of likely N-dealkylation sites (tertiary alicyclic amines) is 1. The number of benzene rings is 1. The fourth-order valence-electron chi connectivity index (χ4n) is 3.71. The Hall–Kier alpha value is -1.90. The van der Waals surface area contributed by atoms with Crippen molar-refractivity contribution in [3.63, 3.8) is 0 Å². The van der Waals surface area contributed by atoms with Gasteiger partial charge in [-0.15, -0.1) is 10.2 Å². The lowest BCUT2D eigenvalue weighted by Crippen LogP contribution is -2.44. The molecular formula is C20H27N5O2S. The van der Waals surface area contributed by atoms with Crippen molar-refractivity contribution in [2.24, 2.45) is 0 Å². The quantitative estimate of drug-likeness (QED) is 0.692. The van der Waals surface area contributed by atoms with E-state index in [1.165, 1.54) is 24.6 Å². The molecule has 0 spiro atoms. The molecule has 1 amide bonds. The lowest BCUT2D eigenvalue weighted by Gasteiger charge is -2.28. The van der Waals surface area contributed by atoms with E-state index in [2.05, 4.69) is 31.8 Å². The summed E-state index contributed by atoms with van der Waals surface area (Å²) in [6.45, 7) is 7.50. The Morgan fingerprint density at radius 2 is 1.82 bits per heavy atom. The van der Waals surface area contributed by atoms with E-state index >= 15 is 0 Å². The highest BCUT2D eigenvalue weighted by Gasteiger charge is 2.26. The molecule has 3 heterocycles. The zero-order valence-corrected chi connectivity index (χ0v) is 17.1. The average Bonchev–Trinajstić information content (AvgIpc) is 3.39. The summed E-state index contributed by atoms with van der Waals surface area (Å²) in [6, 6.07) is 10.2. The monoisotopic (exact) mass is 401 g/mol. The summed E-state index contributed by atoms with van der Waals surface area (Å²) >= 11 is 1.48. The van der Waals surface area contributed by atoms with Gasteiger partial charge in [-0.1, -0.05) is 30.0 Å². The predicted octanol–water partition coefficient (Wildman–Crippen LogP) is 2.20. The SMILES string of the molecule is CC(Sc1nnc(CN2CCCC2)n1-c1ccccc1)C(=O)N1CCOCC1. The fraction of sp³-hybridized carbons (Fsp3) is 0.550. The molecule has 1 aromatic carbocycles. The standard InChI is InChI=1S/C20H27N5O2S/c1-16(19(26)24-11-13-27-14-12-24)28-20-22-21-18(15-23-9-5-6-10-23)25(20)17-7-3-2-4-8-17/h2-4,7-8,16H,5-6,9-15H2,1H3. The van der Waals surface area contributed by atoms with Crippen molar-refractivity contribution in [1.82, 2.24) is 24.6 Å². The van der Waals surface area contributed by atoms with Crippen LogP contribution in [-0.4, -0.2) is 75.1 Å². The van der Waals surface area contributed by atoms with Crippen LogP contribution in [0.15, 0.2) is 35.5 Å². The van der Waals surface area contributed by atoms with Gasteiger partial charge >= 0.3 is 0 Å². The maximum Gasteiger partial charge on any atom is 0.236 e. The minimum absolute atomic E-state index is 0.136. The van der Waals surface area contributed by atoms with Gasteiger partial charge in [0.15, 0.2) is 11.0 Å². The molecule has 1 unspecified atom stereocenters. The molecule has 28 heavy (non-hydrogen) atoms. The van der Waals surface area contributed by atoms with Gasteiger partial charge in [0.1, 0.15) is 0 Å². The second-order valence-corrected chi connectivity index (χ2v) is 8.56. The summed E-state index contributed by atoms with van der Waals surface area (Å²) in [6.07, 6.45) is 2.48. The normalized spacial score (nSPS) is 19.1. The highest BCUT2D eigenvalue weighted by Crippen LogP contribution is 2.28. The number of nitrogens with zero attached hydrogens (tertiary/aromatic N) is 5. The largest absolute Gasteiger partial charge is 0.378 e. The lowest BCUT2D eigenvalue weighted by molar-refractivity contribution is -0.134. The van der Waals surface area contributed by atoms with Crippen LogP contribution in [0.3, 0.4) is 0 Å². The number of carbonyl (C=O) groups is 1. The van der Waals surface area contributed by atoms with Gasteiger partial charge in [-0.3, -0.25) is 14.3 Å². The molecule has 4 rings (SSSR count). The van der Waals surface area contributed by atoms with Gasteiger partial charge in [0.2, 0.25) is 5.91 Å². The summed E-state index contributed by atoms with van der Waals surface area (Å²) < 4.78 is 7.46. The van der Waals surface area contributed by atoms with E-state index in [0.29, 0.717) is 26.3 Å². The van der Waals surface area contributed by atoms with Crippen LogP contribution in [0.25, 0.3) is 5.69 Å². The number of thioether (sulfide) groups is 1. The van der Waals surface area contributed by atoms with E-state index in [9.17, 15) is 4.79 Å². The van der Waals surface area contributed by atoms with Crippen molar-refractivity contribution in [3.05, 3.63) is 36.2 Å². The summed E-state index contributed by atoms with van der Waals surface area (Å²) in [5, 5.41) is 9.50. The van der Waals surface area contributed by atoms with Crippen LogP contribution in [-0.2, 0) is 16.1 Å². The van der Waals surface area contributed by atoms with Gasteiger partial charge in [0.05, 0.1) is 25.0 Å². The van der Waals surface area contributed by atoms with Crippen LogP contribution in [0.4, 0.5) is 0 Å². The van der Waals surface area contributed by atoms with Gasteiger partial charge in [-0.05, 0) is 45.0 Å². The molecule has 8 heteroatoms. The summed E-state index contributed by atoms with van der Waals surface area (Å²) in [7, 11) is 0. The second kappa shape index (κ2) is 9.07. The van der Waals surface area contributed by atoms with E-state index in [4.69, 9.17) is 4.74 Å². The molecule has 0 aliphatic carbocycles. The van der Waals surface area contributed by atoms with Crippen molar-refractivity contribution in [3.8, 4) is 5.69 Å². The molecule has 0 N–H and O–H groups in total. The number of ether oxygens (including phenoxy) is 1. The highest BCUT2D eigenvalue weighted by molar-refractivity contribution is 8.00. The number of carbonyl (C=O) groups excluding carboxylic acids is 1. The Balaban J connectivity index is 1.55. The van der Waals surface area contributed by atoms with Gasteiger partial charge in [0.25, 0.3) is 0 Å². The molecule has 2 aliphatic heterocycles. The molecular weight excluding hydrogens is 374 g/mol. The first-order chi connectivity index (χ1) is 13.7. The first-order valence-corrected chi connectivity index (χ1v) is 10.9. The Morgan fingerprint density at radius 1 is 1.11 bits per heavy atom. The minimum Gasteiger partial charge on any atom is -0.378 e. The highest BCUT2D eigenvalue weighted by atomic mass is 32.2. The molecule has 1 atom stereocenters. The molecule has 7 nitrogen and oxygen atoms in total. The van der Waals surface area contributed by atoms with Crippen LogP contribution in [0.1, 0.15) is 25.6 Å². The first-order valence-electron chi connectivity index (χ1n) is 9.97. The molecule has 2 aromatic rings. The summed E-state index contributed by atoms with van der Waals surface area (Å²) in [4.78, 5) is 17.1. The summed E-state index contributed by atoms with van der Waals surface area (Å²) in [5.74, 6) is 1.07. The van der Waals surface area contributed by atoms with Gasteiger partial charge in [-0.25, -0.2) is 0 Å². The Morgan fingerprint density at radius 3 is 2.54 bits per heavy atom. The van der Waals surface area contributed by atoms with Gasteiger partial charge < -0.3 is 9.64 Å². The molecule has 1 aromatic heterocycles. The van der Waals surface area contributed by atoms with Crippen molar-refractivity contribution in [2.45, 2.75) is 36.7 Å². The fourth-order valence-corrected chi connectivity index (χ4v) is 4.68. The first kappa shape index (κ1) is 19.4. The molecule has 2 aliphatic rings. The topological polar surface area (TPSA) is 63.5 Å². The minimum atomic E-state index is -0.218. The average molecular weight is 402 g/mol. The molecule has 0 radical (unpaired) electrons. The van der Waals surface area contributed by atoms with Crippen LogP contribution in [0.5, 0.6) is 0 Å². The number of rotatable bonds is 6. The Kier molecular flexibility index (Phi) is 6.29. The van der Waals surface area contributed by atoms with E-state index in [1.54, 1.807) is 0 Å². The Bertz CT molecular complexity index is 785. The molecule has 150 valence electrons. The van der Waals surface area contributed by atoms with Crippen LogP contribution >= 0.6 is 11.8 Å². The van der Waals surface area contributed by atoms with Crippen molar-refractivity contribution >= 4 is 17.7 Å². The lowest BCUT2D eigenvalue weighted by atomic mass is 10.3. The summed E-state index contributed by atoms with van der Waals surface area (Å²) in [5.41, 5.74) is 1.04. The van der Waals surface area contributed by atoms with Crippen molar-refractivity contribution in [2.75, 3.05) is 39.4 Å². The zero-order chi connectivity index (χ0) is 19.3. The number of hydrogen-bond donors (Lipinski definition) is 0. The van der Waals surface area contributed by atoms with Gasteiger partial charge in [-0.2, -0.15) is 0 Å². The van der Waals surface area contributed by atoms with E-state index in [-0.39, 0.29) is 11.2 Å². The molecule has 0 saturated carbocycles. The zero-order valence-electron chi connectivity index (χ0n) is 16.3. The second-order valence-electron chi connectivity index (χ2n) is 7.25. The van der Waals surface area contributed by atoms with E-state index < -0.39 is 0 Å². The van der Waals surface area contributed by atoms with Crippen LogP contribution in [0.2, 0.25) is 0 Å². The number of morpholine rings is 1. The van der Waals surface area contributed by atoms with E-state index in [1.807, 2.05) is 30.0 Å². The Labute approximate surface area is 170 Å². The van der Waals surface area contributed by atoms with E-state index in [0.717, 1.165) is 36.3 Å². The molecule has 0 bridgehead atoms. The van der Waals surface area contributed by atoms with Crippen LogP contribution in [0, 0.1) is 0 Å². The van der Waals surface area contributed by atoms with Gasteiger partial charge in [0, 0.05) is 18.8 Å². The van der Waals surface area contributed by atoms with Crippen molar-refractivity contribution < 1.29 is 9.53 Å². The predicted molar refractivity (Wildman–Crippen MR) is 109 cm³/mol. The third kappa shape index (κ3) is 4.39. The molecule has 2 saturated heterocycles. The van der Waals surface area contributed by atoms with Crippen LogP contribution < -0.4 is 0 Å². The smallest absolute Gasteiger partial charge is 0.236 e. The number of amides is 1. The van der Waals surface area contributed by atoms with Crippen molar-refractivity contribution in [1.29, 1.82) is 0 Å². The third-order valence-electron chi connectivity index (χ3n) is 5.23. The molecule has 2 fully saturated rings. The maximum atomic E-state index is 12.8. The third-order valence-corrected chi connectivity index (χ3v) is 6.26. The maximum absolute atomic E-state index is 12.8. The number of aromatic nitrogens is 3. The number of hydrogen-bond acceptors (Lipinski definition) is 6.